The van der Waals surface area contributed by atoms with E-state index >= 15 is 0 Å². The maximum absolute atomic E-state index is 12.5. The van der Waals surface area contributed by atoms with Crippen LogP contribution in [0, 0.1) is 0 Å². The fourth-order valence-electron chi connectivity index (χ4n) is 3.20. The summed E-state index contributed by atoms with van der Waals surface area (Å²) in [6.45, 7) is 1.40. The minimum Gasteiger partial charge on any atom is -0.358 e. The van der Waals surface area contributed by atoms with Crippen LogP contribution >= 0.6 is 11.6 Å². The first-order valence-corrected chi connectivity index (χ1v) is 8.39. The van der Waals surface area contributed by atoms with E-state index in [1.54, 1.807) is 6.08 Å². The van der Waals surface area contributed by atoms with Crippen LogP contribution in [0.3, 0.4) is 0 Å². The highest BCUT2D eigenvalue weighted by Crippen LogP contribution is 2.27. The van der Waals surface area contributed by atoms with Gasteiger partial charge in [-0.05, 0) is 29.8 Å². The normalized spacial score (nSPS) is 14.3. The number of hydrogen-bond donors (Lipinski definition) is 1. The summed E-state index contributed by atoms with van der Waals surface area (Å²) in [6.07, 6.45) is 4.34. The molecule has 120 valence electrons. The largest absolute Gasteiger partial charge is 0.358 e. The molecule has 3 nitrogen and oxygen atoms in total. The first-order valence-electron chi connectivity index (χ1n) is 8.02. The molecule has 4 heteroatoms. The van der Waals surface area contributed by atoms with E-state index in [1.165, 1.54) is 16.6 Å². The number of hydrogen-bond acceptors (Lipinski definition) is 1. The van der Waals surface area contributed by atoms with Crippen molar-refractivity contribution in [2.24, 2.45) is 0 Å². The van der Waals surface area contributed by atoms with Gasteiger partial charge in [0.05, 0.1) is 0 Å². The number of para-hydroxylation sites is 1. The Hall–Kier alpha value is -2.52. The van der Waals surface area contributed by atoms with Crippen molar-refractivity contribution in [2.75, 3.05) is 6.54 Å². The summed E-state index contributed by atoms with van der Waals surface area (Å²) in [4.78, 5) is 17.9. The molecule has 0 saturated carbocycles. The topological polar surface area (TPSA) is 36.1 Å². The predicted molar refractivity (Wildman–Crippen MR) is 97.9 cm³/mol. The molecule has 24 heavy (non-hydrogen) atoms. The summed E-state index contributed by atoms with van der Waals surface area (Å²) in [5, 5.41) is 1.91. The first-order chi connectivity index (χ1) is 11.7. The van der Waals surface area contributed by atoms with Gasteiger partial charge in [-0.2, -0.15) is 0 Å². The van der Waals surface area contributed by atoms with Gasteiger partial charge in [0, 0.05) is 52.8 Å². The molecule has 2 heterocycles. The standard InChI is InChI=1S/C20H17ClN2O/c21-15-8-5-14(6-9-15)7-10-20(24)23-12-11-19-17(13-23)16-3-1-2-4-18(16)22-19/h1-10,22H,11-13H2/b10-7+. The van der Waals surface area contributed by atoms with Gasteiger partial charge in [-0.15, -0.1) is 0 Å². The quantitative estimate of drug-likeness (QED) is 0.691. The van der Waals surface area contributed by atoms with Crippen LogP contribution < -0.4 is 0 Å². The fraction of sp³-hybridized carbons (Fsp3) is 0.150. The van der Waals surface area contributed by atoms with Crippen molar-refractivity contribution in [1.29, 1.82) is 0 Å². The molecule has 1 aromatic heterocycles. The zero-order valence-corrected chi connectivity index (χ0v) is 13.9. The Kier molecular flexibility index (Phi) is 3.87. The number of benzene rings is 2. The van der Waals surface area contributed by atoms with E-state index in [1.807, 2.05) is 47.4 Å². The summed E-state index contributed by atoms with van der Waals surface area (Å²) < 4.78 is 0. The van der Waals surface area contributed by atoms with Gasteiger partial charge in [-0.25, -0.2) is 0 Å². The zero-order valence-electron chi connectivity index (χ0n) is 13.1. The van der Waals surface area contributed by atoms with E-state index in [2.05, 4.69) is 17.1 Å². The second-order valence-corrected chi connectivity index (χ2v) is 6.46. The van der Waals surface area contributed by atoms with Gasteiger partial charge in [-0.3, -0.25) is 4.79 Å². The van der Waals surface area contributed by atoms with E-state index in [9.17, 15) is 4.79 Å². The Morgan fingerprint density at radius 2 is 1.92 bits per heavy atom. The molecule has 4 rings (SSSR count). The average molecular weight is 337 g/mol. The summed E-state index contributed by atoms with van der Waals surface area (Å²) in [5.41, 5.74) is 4.61. The third kappa shape index (κ3) is 2.83. The third-order valence-corrected chi connectivity index (χ3v) is 4.73. The molecule has 0 aliphatic carbocycles. The van der Waals surface area contributed by atoms with Crippen LogP contribution in [-0.4, -0.2) is 22.3 Å². The Morgan fingerprint density at radius 3 is 2.75 bits per heavy atom. The Bertz CT molecular complexity index is 924. The summed E-state index contributed by atoms with van der Waals surface area (Å²) in [5.74, 6) is 0.0425. The van der Waals surface area contributed by atoms with E-state index in [0.29, 0.717) is 11.6 Å². The van der Waals surface area contributed by atoms with Crippen molar-refractivity contribution in [2.45, 2.75) is 13.0 Å². The lowest BCUT2D eigenvalue weighted by atomic mass is 10.0. The van der Waals surface area contributed by atoms with Crippen molar-refractivity contribution in [3.8, 4) is 0 Å². The molecule has 3 aromatic rings. The van der Waals surface area contributed by atoms with Crippen LogP contribution in [-0.2, 0) is 17.8 Å². The second-order valence-electron chi connectivity index (χ2n) is 6.02. The average Bonchev–Trinajstić information content (AvgIpc) is 2.99. The molecule has 0 radical (unpaired) electrons. The van der Waals surface area contributed by atoms with Gasteiger partial charge in [0.15, 0.2) is 0 Å². The second kappa shape index (κ2) is 6.17. The van der Waals surface area contributed by atoms with Crippen LogP contribution in [0.15, 0.2) is 54.6 Å². The molecule has 0 fully saturated rings. The van der Waals surface area contributed by atoms with Crippen molar-refractivity contribution in [3.63, 3.8) is 0 Å². The van der Waals surface area contributed by atoms with E-state index in [4.69, 9.17) is 11.6 Å². The molecule has 1 N–H and O–H groups in total. The molecular weight excluding hydrogens is 320 g/mol. The minimum absolute atomic E-state index is 0.0425. The van der Waals surface area contributed by atoms with Crippen molar-refractivity contribution in [1.82, 2.24) is 9.88 Å². The molecule has 0 unspecified atom stereocenters. The molecule has 2 aromatic carbocycles. The lowest BCUT2D eigenvalue weighted by Crippen LogP contribution is -2.34. The van der Waals surface area contributed by atoms with Gasteiger partial charge in [-0.1, -0.05) is 41.9 Å². The Morgan fingerprint density at radius 1 is 1.12 bits per heavy atom. The number of nitrogens with one attached hydrogen (secondary N) is 1. The third-order valence-electron chi connectivity index (χ3n) is 4.48. The van der Waals surface area contributed by atoms with E-state index in [0.717, 1.165) is 24.0 Å². The fourth-order valence-corrected chi connectivity index (χ4v) is 3.33. The smallest absolute Gasteiger partial charge is 0.246 e. The minimum atomic E-state index is 0.0425. The van der Waals surface area contributed by atoms with Gasteiger partial charge in [0.25, 0.3) is 0 Å². The summed E-state index contributed by atoms with van der Waals surface area (Å²) in [6, 6.07) is 15.7. The maximum Gasteiger partial charge on any atom is 0.246 e. The van der Waals surface area contributed by atoms with E-state index in [-0.39, 0.29) is 5.91 Å². The summed E-state index contributed by atoms with van der Waals surface area (Å²) >= 11 is 5.88. The number of rotatable bonds is 2. The molecule has 0 saturated heterocycles. The molecule has 0 spiro atoms. The number of amides is 1. The Labute approximate surface area is 145 Å². The van der Waals surface area contributed by atoms with Crippen LogP contribution in [0.5, 0.6) is 0 Å². The van der Waals surface area contributed by atoms with Gasteiger partial charge in [0.2, 0.25) is 5.91 Å². The van der Waals surface area contributed by atoms with Crippen LogP contribution in [0.2, 0.25) is 5.02 Å². The predicted octanol–water partition coefficient (Wildman–Crippen LogP) is 4.42. The highest BCUT2D eigenvalue weighted by atomic mass is 35.5. The van der Waals surface area contributed by atoms with Crippen molar-refractivity contribution in [3.05, 3.63) is 76.5 Å². The molecular formula is C20H17ClN2O. The molecule has 0 atom stereocenters. The number of carbonyl (C=O) groups is 1. The monoisotopic (exact) mass is 336 g/mol. The molecule has 1 aliphatic heterocycles. The lowest BCUT2D eigenvalue weighted by Gasteiger charge is -2.26. The number of aromatic amines is 1. The highest BCUT2D eigenvalue weighted by Gasteiger charge is 2.22. The first kappa shape index (κ1) is 15.0. The summed E-state index contributed by atoms with van der Waals surface area (Å²) in [7, 11) is 0. The number of fused-ring (bicyclic) bond motifs is 3. The number of halogens is 1. The van der Waals surface area contributed by atoms with Crippen LogP contribution in [0.4, 0.5) is 0 Å². The zero-order chi connectivity index (χ0) is 16.5. The van der Waals surface area contributed by atoms with Gasteiger partial charge in [0.1, 0.15) is 0 Å². The molecule has 0 bridgehead atoms. The van der Waals surface area contributed by atoms with E-state index < -0.39 is 0 Å². The number of carbonyl (C=O) groups excluding carboxylic acids is 1. The van der Waals surface area contributed by atoms with Crippen LogP contribution in [0.1, 0.15) is 16.8 Å². The Balaban J connectivity index is 1.53. The van der Waals surface area contributed by atoms with Gasteiger partial charge >= 0.3 is 0 Å². The van der Waals surface area contributed by atoms with Crippen LogP contribution in [0.25, 0.3) is 17.0 Å². The SMILES string of the molecule is O=C(/C=C/c1ccc(Cl)cc1)N1CCc2[nH]c3ccccc3c2C1. The maximum atomic E-state index is 12.5. The highest BCUT2D eigenvalue weighted by molar-refractivity contribution is 6.30. The number of H-pyrrole nitrogens is 1. The lowest BCUT2D eigenvalue weighted by molar-refractivity contribution is -0.126. The van der Waals surface area contributed by atoms with Crippen molar-refractivity contribution < 1.29 is 4.79 Å². The molecule has 1 amide bonds. The molecule has 1 aliphatic rings. The number of aromatic nitrogens is 1. The van der Waals surface area contributed by atoms with Gasteiger partial charge < -0.3 is 9.88 Å². The van der Waals surface area contributed by atoms with Crippen molar-refractivity contribution >= 4 is 34.5 Å². The number of nitrogens with zero attached hydrogens (tertiary/aromatic N) is 1.